The third-order valence-corrected chi connectivity index (χ3v) is 2.68. The number of thiazole rings is 1. The minimum atomic E-state index is -0.383. The quantitative estimate of drug-likeness (QED) is 0.825. The molecule has 0 aliphatic rings. The van der Waals surface area contributed by atoms with Crippen molar-refractivity contribution in [1.82, 2.24) is 9.97 Å². The molecule has 0 radical (unpaired) electrons. The normalized spacial score (nSPS) is 9.81. The van der Waals surface area contributed by atoms with Gasteiger partial charge in [-0.3, -0.25) is 0 Å². The Morgan fingerprint density at radius 3 is 3.00 bits per heavy atom. The van der Waals surface area contributed by atoms with Gasteiger partial charge in [-0.05, 0) is 12.1 Å². The third kappa shape index (κ3) is 2.34. The van der Waals surface area contributed by atoms with Crippen LogP contribution in [0.15, 0.2) is 30.6 Å². The Morgan fingerprint density at radius 2 is 2.31 bits per heavy atom. The molecule has 16 heavy (non-hydrogen) atoms. The average Bonchev–Trinajstić information content (AvgIpc) is 2.78. The first-order valence-corrected chi connectivity index (χ1v) is 5.33. The molecule has 0 spiro atoms. The van der Waals surface area contributed by atoms with Crippen LogP contribution in [0.1, 0.15) is 9.67 Å². The van der Waals surface area contributed by atoms with Gasteiger partial charge in [-0.25, -0.2) is 14.8 Å². The molecule has 0 saturated carbocycles. The van der Waals surface area contributed by atoms with E-state index in [0.717, 1.165) is 0 Å². The van der Waals surface area contributed by atoms with Crippen molar-refractivity contribution in [2.24, 2.45) is 0 Å². The van der Waals surface area contributed by atoms with Crippen LogP contribution in [-0.4, -0.2) is 23.0 Å². The van der Waals surface area contributed by atoms with Crippen LogP contribution in [0.2, 0.25) is 0 Å². The summed E-state index contributed by atoms with van der Waals surface area (Å²) in [5.41, 5.74) is 0. The summed E-state index contributed by atoms with van der Waals surface area (Å²) in [5.74, 6) is 0.305. The van der Waals surface area contributed by atoms with E-state index in [-0.39, 0.29) is 5.97 Å². The largest absolute Gasteiger partial charge is 0.465 e. The van der Waals surface area contributed by atoms with Crippen LogP contribution in [0.3, 0.4) is 0 Å². The molecular weight excluding hydrogens is 226 g/mol. The van der Waals surface area contributed by atoms with E-state index in [9.17, 15) is 4.79 Å². The lowest BCUT2D eigenvalue weighted by Crippen LogP contribution is -1.96. The van der Waals surface area contributed by atoms with E-state index in [1.807, 2.05) is 18.2 Å². The van der Waals surface area contributed by atoms with Crippen LogP contribution in [0.5, 0.6) is 0 Å². The van der Waals surface area contributed by atoms with E-state index < -0.39 is 0 Å². The Labute approximate surface area is 96.1 Å². The molecule has 2 aromatic rings. The molecule has 0 aliphatic carbocycles. The summed E-state index contributed by atoms with van der Waals surface area (Å²) >= 11 is 1.22. The number of hydrogen-bond acceptors (Lipinski definition) is 6. The highest BCUT2D eigenvalue weighted by Gasteiger charge is 2.10. The van der Waals surface area contributed by atoms with Gasteiger partial charge in [-0.2, -0.15) is 0 Å². The van der Waals surface area contributed by atoms with E-state index in [1.165, 1.54) is 24.6 Å². The van der Waals surface area contributed by atoms with Crippen molar-refractivity contribution < 1.29 is 9.53 Å². The first-order chi connectivity index (χ1) is 7.79. The molecule has 0 bridgehead atoms. The highest BCUT2D eigenvalue weighted by atomic mass is 32.1. The summed E-state index contributed by atoms with van der Waals surface area (Å²) in [7, 11) is 1.34. The first kappa shape index (κ1) is 10.6. The van der Waals surface area contributed by atoms with Crippen molar-refractivity contribution in [3.8, 4) is 0 Å². The summed E-state index contributed by atoms with van der Waals surface area (Å²) in [6, 6.07) is 5.51. The summed E-state index contributed by atoms with van der Waals surface area (Å²) in [4.78, 5) is 19.8. The van der Waals surface area contributed by atoms with Crippen LogP contribution in [0.25, 0.3) is 0 Å². The number of anilines is 2. The van der Waals surface area contributed by atoms with E-state index >= 15 is 0 Å². The maximum absolute atomic E-state index is 11.2. The molecule has 0 fully saturated rings. The Balaban J connectivity index is 2.12. The number of carbonyl (C=O) groups is 1. The Kier molecular flexibility index (Phi) is 3.11. The zero-order valence-electron chi connectivity index (χ0n) is 8.51. The lowest BCUT2D eigenvalue weighted by atomic mass is 10.5. The smallest absolute Gasteiger partial charge is 0.349 e. The number of rotatable bonds is 3. The number of esters is 1. The molecule has 0 aliphatic heterocycles. The van der Waals surface area contributed by atoms with Crippen molar-refractivity contribution >= 4 is 28.3 Å². The van der Waals surface area contributed by atoms with Gasteiger partial charge < -0.3 is 10.1 Å². The summed E-state index contributed by atoms with van der Waals surface area (Å²) < 4.78 is 4.59. The Morgan fingerprint density at radius 1 is 1.44 bits per heavy atom. The monoisotopic (exact) mass is 235 g/mol. The van der Waals surface area contributed by atoms with Gasteiger partial charge in [-0.15, -0.1) is 0 Å². The molecule has 82 valence electrons. The molecule has 0 aromatic carbocycles. The third-order valence-electron chi connectivity index (χ3n) is 1.79. The Bertz CT molecular complexity index is 484. The number of aromatic nitrogens is 2. The zero-order valence-corrected chi connectivity index (χ0v) is 9.32. The first-order valence-electron chi connectivity index (χ1n) is 4.52. The molecule has 6 heteroatoms. The number of ether oxygens (including phenoxy) is 1. The maximum atomic E-state index is 11.2. The molecule has 2 rings (SSSR count). The molecule has 0 saturated heterocycles. The van der Waals surface area contributed by atoms with Gasteiger partial charge in [0.25, 0.3) is 0 Å². The summed E-state index contributed by atoms with van der Waals surface area (Å²) in [6.07, 6.45) is 3.15. The molecule has 2 heterocycles. The molecule has 1 N–H and O–H groups in total. The second kappa shape index (κ2) is 4.71. The van der Waals surface area contributed by atoms with Gasteiger partial charge >= 0.3 is 5.97 Å². The van der Waals surface area contributed by atoms with Gasteiger partial charge in [0.2, 0.25) is 0 Å². The number of hydrogen-bond donors (Lipinski definition) is 1. The van der Waals surface area contributed by atoms with Crippen molar-refractivity contribution in [2.75, 3.05) is 12.4 Å². The van der Waals surface area contributed by atoms with Crippen LogP contribution in [0.4, 0.5) is 10.9 Å². The Hall–Kier alpha value is -1.95. The fraction of sp³-hybridized carbons (Fsp3) is 0.100. The van der Waals surface area contributed by atoms with Gasteiger partial charge in [0, 0.05) is 6.20 Å². The van der Waals surface area contributed by atoms with Crippen molar-refractivity contribution in [2.45, 2.75) is 0 Å². The number of nitrogens with zero attached hydrogens (tertiary/aromatic N) is 2. The number of pyridine rings is 1. The minimum absolute atomic E-state index is 0.383. The summed E-state index contributed by atoms with van der Waals surface area (Å²) in [6.45, 7) is 0. The van der Waals surface area contributed by atoms with Crippen molar-refractivity contribution in [1.29, 1.82) is 0 Å². The van der Waals surface area contributed by atoms with E-state index in [4.69, 9.17) is 0 Å². The van der Waals surface area contributed by atoms with Crippen LogP contribution in [-0.2, 0) is 4.74 Å². The fourth-order valence-electron chi connectivity index (χ4n) is 1.07. The molecule has 5 nitrogen and oxygen atoms in total. The van der Waals surface area contributed by atoms with Gasteiger partial charge in [0.15, 0.2) is 5.13 Å². The number of methoxy groups -OCH3 is 1. The van der Waals surface area contributed by atoms with Gasteiger partial charge in [0.1, 0.15) is 10.7 Å². The lowest BCUT2D eigenvalue weighted by molar-refractivity contribution is 0.0606. The number of carbonyl (C=O) groups excluding carboxylic acids is 1. The average molecular weight is 235 g/mol. The standard InChI is InChI=1S/C10H9N3O2S/c1-15-9(14)7-6-12-10(16-7)13-8-4-2-3-5-11-8/h2-6H,1H3,(H,11,12,13). The summed E-state index contributed by atoms with van der Waals surface area (Å²) in [5, 5.41) is 3.60. The number of nitrogens with one attached hydrogen (secondary N) is 1. The molecule has 0 amide bonds. The van der Waals surface area contributed by atoms with Crippen molar-refractivity contribution in [3.05, 3.63) is 35.5 Å². The topological polar surface area (TPSA) is 64.1 Å². The van der Waals surface area contributed by atoms with Crippen molar-refractivity contribution in [3.63, 3.8) is 0 Å². The predicted molar refractivity (Wildman–Crippen MR) is 61.0 cm³/mol. The highest BCUT2D eigenvalue weighted by Crippen LogP contribution is 2.21. The SMILES string of the molecule is COC(=O)c1cnc(Nc2ccccn2)s1. The molecular formula is C10H9N3O2S. The molecule has 0 unspecified atom stereocenters. The predicted octanol–water partition coefficient (Wildman–Crippen LogP) is 2.07. The van der Waals surface area contributed by atoms with E-state index in [1.54, 1.807) is 6.20 Å². The molecule has 0 atom stereocenters. The lowest BCUT2D eigenvalue weighted by Gasteiger charge is -1.98. The van der Waals surface area contributed by atoms with E-state index in [2.05, 4.69) is 20.0 Å². The fourth-order valence-corrected chi connectivity index (χ4v) is 1.81. The van der Waals surface area contributed by atoms with Crippen LogP contribution >= 0.6 is 11.3 Å². The second-order valence-corrected chi connectivity index (χ2v) is 3.89. The van der Waals surface area contributed by atoms with Gasteiger partial charge in [-0.1, -0.05) is 17.4 Å². The maximum Gasteiger partial charge on any atom is 0.349 e. The van der Waals surface area contributed by atoms with Gasteiger partial charge in [0.05, 0.1) is 13.3 Å². The second-order valence-electron chi connectivity index (χ2n) is 2.86. The molecule has 2 aromatic heterocycles. The zero-order chi connectivity index (χ0) is 11.4. The van der Waals surface area contributed by atoms with Crippen LogP contribution < -0.4 is 5.32 Å². The van der Waals surface area contributed by atoms with Crippen LogP contribution in [0, 0.1) is 0 Å². The van der Waals surface area contributed by atoms with E-state index in [0.29, 0.717) is 15.8 Å². The highest BCUT2D eigenvalue weighted by molar-refractivity contribution is 7.17. The minimum Gasteiger partial charge on any atom is -0.465 e.